The van der Waals surface area contributed by atoms with E-state index in [1.165, 1.54) is 17.1 Å². The highest BCUT2D eigenvalue weighted by Crippen LogP contribution is 2.23. The van der Waals surface area contributed by atoms with Crippen LogP contribution in [0.25, 0.3) is 10.8 Å². The smallest absolute Gasteiger partial charge is 0.257 e. The van der Waals surface area contributed by atoms with Crippen LogP contribution in [-0.4, -0.2) is 17.6 Å². The fraction of sp³-hybridized carbons (Fsp3) is 0.0526. The maximum atomic E-state index is 11.9. The molecule has 3 nitrogen and oxygen atoms in total. The molecule has 2 amide bonds. The van der Waals surface area contributed by atoms with Crippen molar-refractivity contribution in [1.82, 2.24) is 5.32 Å². The van der Waals surface area contributed by atoms with Gasteiger partial charge in [-0.25, -0.2) is 0 Å². The van der Waals surface area contributed by atoms with Crippen LogP contribution in [0.3, 0.4) is 0 Å². The normalized spacial score (nSPS) is 10.4. The van der Waals surface area contributed by atoms with Crippen molar-refractivity contribution >= 4 is 34.3 Å². The van der Waals surface area contributed by atoms with Crippen LogP contribution in [0, 0.1) is 0 Å². The topological polar surface area (TPSA) is 46.2 Å². The van der Waals surface area contributed by atoms with Gasteiger partial charge in [0.05, 0.1) is 5.75 Å². The van der Waals surface area contributed by atoms with Gasteiger partial charge in [-0.05, 0) is 35.0 Å². The third-order valence-corrected chi connectivity index (χ3v) is 4.37. The molecule has 3 aromatic rings. The lowest BCUT2D eigenvalue weighted by Gasteiger charge is -2.05. The Labute approximate surface area is 138 Å². The second-order valence-electron chi connectivity index (χ2n) is 5.04. The van der Waals surface area contributed by atoms with Gasteiger partial charge >= 0.3 is 0 Å². The number of amides is 2. The molecule has 0 fully saturated rings. The molecule has 3 rings (SSSR count). The molecular formula is C19H15NO2S. The quantitative estimate of drug-likeness (QED) is 0.742. The number of imide groups is 1. The van der Waals surface area contributed by atoms with E-state index in [9.17, 15) is 9.59 Å². The SMILES string of the molecule is O=C(CSc1ccc2ccccc2c1)NC(=O)c1ccccc1. The van der Waals surface area contributed by atoms with Gasteiger partial charge in [-0.3, -0.25) is 14.9 Å². The summed E-state index contributed by atoms with van der Waals surface area (Å²) in [5.41, 5.74) is 0.483. The maximum Gasteiger partial charge on any atom is 0.257 e. The number of benzene rings is 3. The van der Waals surface area contributed by atoms with Gasteiger partial charge in [-0.15, -0.1) is 11.8 Å². The summed E-state index contributed by atoms with van der Waals surface area (Å²) in [5.74, 6) is -0.455. The summed E-state index contributed by atoms with van der Waals surface area (Å²) in [6.45, 7) is 0. The zero-order valence-electron chi connectivity index (χ0n) is 12.4. The van der Waals surface area contributed by atoms with Crippen molar-refractivity contribution in [2.75, 3.05) is 5.75 Å². The van der Waals surface area contributed by atoms with Crippen LogP contribution in [0.4, 0.5) is 0 Å². The summed E-state index contributed by atoms with van der Waals surface area (Å²) < 4.78 is 0. The number of hydrogen-bond donors (Lipinski definition) is 1. The first-order chi connectivity index (χ1) is 11.2. The van der Waals surface area contributed by atoms with Crippen LogP contribution in [0.1, 0.15) is 10.4 Å². The Morgan fingerprint density at radius 2 is 1.52 bits per heavy atom. The van der Waals surface area contributed by atoms with E-state index in [0.29, 0.717) is 5.56 Å². The Bertz CT molecular complexity index is 846. The molecule has 0 spiro atoms. The van der Waals surface area contributed by atoms with E-state index >= 15 is 0 Å². The molecule has 3 aromatic carbocycles. The van der Waals surface area contributed by atoms with Gasteiger partial charge in [0.2, 0.25) is 5.91 Å². The molecule has 1 N–H and O–H groups in total. The minimum Gasteiger partial charge on any atom is -0.292 e. The second-order valence-corrected chi connectivity index (χ2v) is 6.09. The van der Waals surface area contributed by atoms with Gasteiger partial charge < -0.3 is 0 Å². The average Bonchev–Trinajstić information content (AvgIpc) is 2.60. The highest BCUT2D eigenvalue weighted by atomic mass is 32.2. The van der Waals surface area contributed by atoms with Crippen LogP contribution in [0.2, 0.25) is 0 Å². The van der Waals surface area contributed by atoms with Crippen molar-refractivity contribution in [1.29, 1.82) is 0 Å². The molecule has 0 aliphatic rings. The number of carbonyl (C=O) groups is 2. The van der Waals surface area contributed by atoms with Crippen LogP contribution in [0.15, 0.2) is 77.7 Å². The molecule has 0 atom stereocenters. The molecule has 0 saturated heterocycles. The monoisotopic (exact) mass is 321 g/mol. The predicted molar refractivity (Wildman–Crippen MR) is 93.6 cm³/mol. The highest BCUT2D eigenvalue weighted by molar-refractivity contribution is 8.00. The number of hydrogen-bond acceptors (Lipinski definition) is 3. The third-order valence-electron chi connectivity index (χ3n) is 3.38. The summed E-state index contributed by atoms with van der Waals surface area (Å²) >= 11 is 1.42. The molecule has 23 heavy (non-hydrogen) atoms. The van der Waals surface area contributed by atoms with Gasteiger partial charge in [-0.2, -0.15) is 0 Å². The highest BCUT2D eigenvalue weighted by Gasteiger charge is 2.10. The summed E-state index contributed by atoms with van der Waals surface area (Å²) in [5, 5.41) is 4.71. The first kappa shape index (κ1) is 15.3. The third kappa shape index (κ3) is 3.99. The van der Waals surface area contributed by atoms with E-state index in [-0.39, 0.29) is 17.6 Å². The van der Waals surface area contributed by atoms with Gasteiger partial charge in [-0.1, -0.05) is 48.5 Å². The molecule has 4 heteroatoms. The van der Waals surface area contributed by atoms with Crippen molar-refractivity contribution in [3.63, 3.8) is 0 Å². The minimum atomic E-state index is -0.366. The minimum absolute atomic E-state index is 0.205. The van der Waals surface area contributed by atoms with Gasteiger partial charge in [0.25, 0.3) is 5.91 Å². The van der Waals surface area contributed by atoms with E-state index < -0.39 is 0 Å². The maximum absolute atomic E-state index is 11.9. The Balaban J connectivity index is 1.58. The van der Waals surface area contributed by atoms with E-state index in [4.69, 9.17) is 0 Å². The van der Waals surface area contributed by atoms with Crippen LogP contribution in [-0.2, 0) is 4.79 Å². The lowest BCUT2D eigenvalue weighted by Crippen LogP contribution is -2.31. The Hall–Kier alpha value is -2.59. The first-order valence-corrected chi connectivity index (χ1v) is 8.22. The van der Waals surface area contributed by atoms with Crippen molar-refractivity contribution in [3.05, 3.63) is 78.4 Å². The second kappa shape index (κ2) is 7.11. The molecule has 0 aromatic heterocycles. The predicted octanol–water partition coefficient (Wildman–Crippen LogP) is 3.89. The van der Waals surface area contributed by atoms with E-state index in [2.05, 4.69) is 11.4 Å². The van der Waals surface area contributed by atoms with E-state index in [0.717, 1.165) is 10.3 Å². The van der Waals surface area contributed by atoms with Gasteiger partial charge in [0, 0.05) is 10.5 Å². The van der Waals surface area contributed by atoms with Gasteiger partial charge in [0.1, 0.15) is 0 Å². The molecule has 0 bridgehead atoms. The van der Waals surface area contributed by atoms with E-state index in [1.54, 1.807) is 24.3 Å². The Morgan fingerprint density at radius 1 is 0.826 bits per heavy atom. The fourth-order valence-electron chi connectivity index (χ4n) is 2.23. The van der Waals surface area contributed by atoms with Crippen molar-refractivity contribution in [2.24, 2.45) is 0 Å². The average molecular weight is 321 g/mol. The Kier molecular flexibility index (Phi) is 4.74. The zero-order chi connectivity index (χ0) is 16.1. The van der Waals surface area contributed by atoms with E-state index in [1.807, 2.05) is 42.5 Å². The van der Waals surface area contributed by atoms with Crippen molar-refractivity contribution in [3.8, 4) is 0 Å². The van der Waals surface area contributed by atoms with Crippen molar-refractivity contribution in [2.45, 2.75) is 4.90 Å². The molecule has 0 unspecified atom stereocenters. The summed E-state index contributed by atoms with van der Waals surface area (Å²) in [4.78, 5) is 24.8. The number of rotatable bonds is 4. The zero-order valence-corrected chi connectivity index (χ0v) is 13.2. The van der Waals surface area contributed by atoms with Gasteiger partial charge in [0.15, 0.2) is 0 Å². The van der Waals surface area contributed by atoms with Crippen molar-refractivity contribution < 1.29 is 9.59 Å². The fourth-order valence-corrected chi connectivity index (χ4v) is 2.97. The summed E-state index contributed by atoms with van der Waals surface area (Å²) in [6.07, 6.45) is 0. The van der Waals surface area contributed by atoms with Crippen LogP contribution < -0.4 is 5.32 Å². The number of carbonyl (C=O) groups excluding carboxylic acids is 2. The molecule has 0 aliphatic heterocycles. The van der Waals surface area contributed by atoms with Crippen LogP contribution >= 0.6 is 11.8 Å². The first-order valence-electron chi connectivity index (χ1n) is 7.23. The molecule has 114 valence electrons. The summed E-state index contributed by atoms with van der Waals surface area (Å²) in [6, 6.07) is 22.9. The summed E-state index contributed by atoms with van der Waals surface area (Å²) in [7, 11) is 0. The lowest BCUT2D eigenvalue weighted by molar-refractivity contribution is -0.117. The lowest BCUT2D eigenvalue weighted by atomic mass is 10.1. The number of thioether (sulfide) groups is 1. The molecule has 0 heterocycles. The number of nitrogens with one attached hydrogen (secondary N) is 1. The Morgan fingerprint density at radius 3 is 2.30 bits per heavy atom. The molecule has 0 aliphatic carbocycles. The molecule has 0 saturated carbocycles. The number of fused-ring (bicyclic) bond motifs is 1. The largest absolute Gasteiger partial charge is 0.292 e. The molecular weight excluding hydrogens is 306 g/mol. The molecule has 0 radical (unpaired) electrons. The van der Waals surface area contributed by atoms with Crippen LogP contribution in [0.5, 0.6) is 0 Å². The standard InChI is InChI=1S/C19H15NO2S/c21-18(20-19(22)15-7-2-1-3-8-15)13-23-17-11-10-14-6-4-5-9-16(14)12-17/h1-12H,13H2,(H,20,21,22).